The first-order valence-electron chi connectivity index (χ1n) is 3.26. The Morgan fingerprint density at radius 2 is 1.50 bits per heavy atom. The molecule has 0 spiro atoms. The Balaban J connectivity index is 0.000000605. The molecule has 1 nitrogen and oxygen atoms in total. The molecule has 0 radical (unpaired) electrons. The minimum Gasteiger partial charge on any atom is -0.256 e. The zero-order valence-corrected chi connectivity index (χ0v) is 7.94. The van der Waals surface area contributed by atoms with E-state index in [2.05, 4.69) is 17.1 Å². The Hall–Kier alpha value is -0.790. The lowest BCUT2D eigenvalue weighted by Gasteiger charge is -1.91. The van der Waals surface area contributed by atoms with Gasteiger partial charge in [0.2, 0.25) is 0 Å². The number of hydrogen-bond donors (Lipinski definition) is 0. The quantitative estimate of drug-likeness (QED) is 0.639. The molecule has 1 aromatic heterocycles. The highest BCUT2D eigenvalue weighted by molar-refractivity contribution is 5.85. The molecule has 0 fully saturated rings. The summed E-state index contributed by atoms with van der Waals surface area (Å²) in [5.74, 6) is 0. The monoisotopic (exact) mass is 201 g/mol. The van der Waals surface area contributed by atoms with E-state index in [-0.39, 0.29) is 24.8 Å². The summed E-state index contributed by atoms with van der Waals surface area (Å²) in [7, 11) is 0. The molecular formula is C9H9Cl2N. The van der Waals surface area contributed by atoms with Crippen molar-refractivity contribution in [3.8, 4) is 0 Å². The normalized spacial score (nSPS) is 8.33. The third kappa shape index (κ3) is 2.10. The van der Waals surface area contributed by atoms with Gasteiger partial charge < -0.3 is 0 Å². The van der Waals surface area contributed by atoms with Gasteiger partial charge in [-0.1, -0.05) is 24.3 Å². The van der Waals surface area contributed by atoms with E-state index in [1.54, 1.807) is 0 Å². The first kappa shape index (κ1) is 11.2. The van der Waals surface area contributed by atoms with Crippen LogP contribution in [0.1, 0.15) is 0 Å². The van der Waals surface area contributed by atoms with Crippen LogP contribution >= 0.6 is 24.8 Å². The number of fused-ring (bicyclic) bond motifs is 1. The molecule has 1 aromatic carbocycles. The van der Waals surface area contributed by atoms with E-state index in [4.69, 9.17) is 0 Å². The van der Waals surface area contributed by atoms with Crippen molar-refractivity contribution >= 4 is 35.7 Å². The number of benzene rings is 1. The molecule has 0 aliphatic heterocycles. The number of aromatic nitrogens is 1. The van der Waals surface area contributed by atoms with Gasteiger partial charge >= 0.3 is 0 Å². The van der Waals surface area contributed by atoms with Crippen molar-refractivity contribution in [3.05, 3.63) is 42.6 Å². The minimum atomic E-state index is 0. The Bertz CT molecular complexity index is 284. The van der Waals surface area contributed by atoms with Crippen molar-refractivity contribution in [3.63, 3.8) is 0 Å². The van der Waals surface area contributed by atoms with Crippen molar-refractivity contribution in [1.82, 2.24) is 4.98 Å². The molecule has 0 N–H and O–H groups in total. The molecule has 0 saturated heterocycles. The Kier molecular flexibility index (Phi) is 4.64. The summed E-state index contributed by atoms with van der Waals surface area (Å²) in [5.41, 5.74) is 1.06. The summed E-state index contributed by atoms with van der Waals surface area (Å²) in [4.78, 5) is 4.18. The van der Waals surface area contributed by atoms with Gasteiger partial charge in [-0.3, -0.25) is 4.98 Å². The molecule has 12 heavy (non-hydrogen) atoms. The van der Waals surface area contributed by atoms with Gasteiger partial charge in [-0.15, -0.1) is 24.8 Å². The van der Waals surface area contributed by atoms with Crippen LogP contribution in [0.2, 0.25) is 0 Å². The predicted octanol–water partition coefficient (Wildman–Crippen LogP) is 3.08. The first-order chi connectivity index (χ1) is 4.97. The van der Waals surface area contributed by atoms with Crippen molar-refractivity contribution in [2.45, 2.75) is 0 Å². The van der Waals surface area contributed by atoms with Gasteiger partial charge in [0.25, 0.3) is 0 Å². The molecule has 0 aliphatic rings. The van der Waals surface area contributed by atoms with Gasteiger partial charge in [0.05, 0.1) is 5.52 Å². The second kappa shape index (κ2) is 4.96. The molecule has 0 atom stereocenters. The average molecular weight is 202 g/mol. The van der Waals surface area contributed by atoms with Crippen LogP contribution in [0.15, 0.2) is 42.6 Å². The van der Waals surface area contributed by atoms with Crippen LogP contribution in [0.25, 0.3) is 10.9 Å². The number of hydrogen-bond acceptors (Lipinski definition) is 1. The molecule has 2 rings (SSSR count). The average Bonchev–Trinajstić information content (AvgIpc) is 2.05. The molecule has 0 bridgehead atoms. The Morgan fingerprint density at radius 1 is 0.833 bits per heavy atom. The van der Waals surface area contributed by atoms with E-state index in [0.29, 0.717) is 0 Å². The number of halogens is 2. The van der Waals surface area contributed by atoms with Crippen molar-refractivity contribution < 1.29 is 0 Å². The van der Waals surface area contributed by atoms with E-state index >= 15 is 0 Å². The van der Waals surface area contributed by atoms with Crippen LogP contribution in [0.5, 0.6) is 0 Å². The maximum Gasteiger partial charge on any atom is 0.0701 e. The van der Waals surface area contributed by atoms with Crippen LogP contribution in [-0.2, 0) is 0 Å². The van der Waals surface area contributed by atoms with Crippen LogP contribution in [-0.4, -0.2) is 4.98 Å². The summed E-state index contributed by atoms with van der Waals surface area (Å²) >= 11 is 0. The van der Waals surface area contributed by atoms with Crippen molar-refractivity contribution in [1.29, 1.82) is 0 Å². The van der Waals surface area contributed by atoms with Gasteiger partial charge in [-0.05, 0) is 12.1 Å². The van der Waals surface area contributed by atoms with Gasteiger partial charge in [0, 0.05) is 11.6 Å². The van der Waals surface area contributed by atoms with Crippen LogP contribution < -0.4 is 0 Å². The number of pyridine rings is 1. The second-order valence-corrected chi connectivity index (χ2v) is 2.20. The summed E-state index contributed by atoms with van der Waals surface area (Å²) < 4.78 is 0. The maximum atomic E-state index is 4.18. The summed E-state index contributed by atoms with van der Waals surface area (Å²) in [6, 6.07) is 12.1. The topological polar surface area (TPSA) is 12.9 Å². The molecule has 2 aromatic rings. The minimum absolute atomic E-state index is 0. The molecule has 0 aliphatic carbocycles. The van der Waals surface area contributed by atoms with Crippen LogP contribution in [0.4, 0.5) is 0 Å². The van der Waals surface area contributed by atoms with Crippen LogP contribution in [0.3, 0.4) is 0 Å². The first-order valence-corrected chi connectivity index (χ1v) is 3.26. The van der Waals surface area contributed by atoms with E-state index in [0.717, 1.165) is 5.52 Å². The fourth-order valence-electron chi connectivity index (χ4n) is 1.02. The van der Waals surface area contributed by atoms with Crippen molar-refractivity contribution in [2.75, 3.05) is 0 Å². The fourth-order valence-corrected chi connectivity index (χ4v) is 1.02. The molecule has 1 heterocycles. The van der Waals surface area contributed by atoms with Gasteiger partial charge in [-0.2, -0.15) is 0 Å². The highest BCUT2D eigenvalue weighted by Gasteiger charge is 1.86. The van der Waals surface area contributed by atoms with Crippen molar-refractivity contribution in [2.24, 2.45) is 0 Å². The molecular weight excluding hydrogens is 193 g/mol. The highest BCUT2D eigenvalue weighted by Crippen LogP contribution is 2.07. The second-order valence-electron chi connectivity index (χ2n) is 2.20. The predicted molar refractivity (Wildman–Crippen MR) is 56.2 cm³/mol. The molecule has 64 valence electrons. The third-order valence-corrected chi connectivity index (χ3v) is 1.51. The molecule has 0 unspecified atom stereocenters. The zero-order valence-electron chi connectivity index (χ0n) is 6.31. The lowest BCUT2D eigenvalue weighted by Crippen LogP contribution is -1.73. The van der Waals surface area contributed by atoms with Gasteiger partial charge in [-0.25, -0.2) is 0 Å². The SMILES string of the molecule is Cl.Cl.c1ccc2ncccc2c1. The summed E-state index contributed by atoms with van der Waals surface area (Å²) in [6.07, 6.45) is 1.81. The van der Waals surface area contributed by atoms with Crippen LogP contribution in [0, 0.1) is 0 Å². The van der Waals surface area contributed by atoms with E-state index in [9.17, 15) is 0 Å². The molecule has 0 amide bonds. The summed E-state index contributed by atoms with van der Waals surface area (Å²) in [5, 5.41) is 1.20. The number of nitrogens with zero attached hydrogens (tertiary/aromatic N) is 1. The Morgan fingerprint density at radius 3 is 2.25 bits per heavy atom. The third-order valence-electron chi connectivity index (χ3n) is 1.51. The maximum absolute atomic E-state index is 4.18. The molecule has 3 heteroatoms. The Labute approximate surface area is 83.6 Å². The fraction of sp³-hybridized carbons (Fsp3) is 0. The van der Waals surface area contributed by atoms with E-state index in [1.165, 1.54) is 5.39 Å². The standard InChI is InChI=1S/C9H7N.2ClH/c1-2-6-9-8(4-1)5-3-7-10-9;;/h1-7H;2*1H. The van der Waals surface area contributed by atoms with E-state index < -0.39 is 0 Å². The molecule has 0 saturated carbocycles. The lowest BCUT2D eigenvalue weighted by atomic mass is 10.2. The lowest BCUT2D eigenvalue weighted by molar-refractivity contribution is 1.41. The van der Waals surface area contributed by atoms with E-state index in [1.807, 2.05) is 30.5 Å². The highest BCUT2D eigenvalue weighted by atomic mass is 35.5. The zero-order chi connectivity index (χ0) is 6.81. The van der Waals surface area contributed by atoms with Gasteiger partial charge in [0.15, 0.2) is 0 Å². The van der Waals surface area contributed by atoms with Gasteiger partial charge in [0.1, 0.15) is 0 Å². The smallest absolute Gasteiger partial charge is 0.0701 e. The number of rotatable bonds is 0. The summed E-state index contributed by atoms with van der Waals surface area (Å²) in [6.45, 7) is 0. The number of para-hydroxylation sites is 1. The largest absolute Gasteiger partial charge is 0.256 e.